The predicted octanol–water partition coefficient (Wildman–Crippen LogP) is 2.62. The maximum atomic E-state index is 14.5. The summed E-state index contributed by atoms with van der Waals surface area (Å²) >= 11 is 0. The highest BCUT2D eigenvalue weighted by molar-refractivity contribution is 6.05. The third kappa shape index (κ3) is 6.64. The second-order valence-electron chi connectivity index (χ2n) is 12.3. The molecule has 1 saturated heterocycles. The molecule has 0 radical (unpaired) electrons. The zero-order valence-corrected chi connectivity index (χ0v) is 25.1. The molecule has 5 rings (SSSR count). The van der Waals surface area contributed by atoms with Gasteiger partial charge < -0.3 is 26.4 Å². The lowest BCUT2D eigenvalue weighted by Gasteiger charge is -2.35. The van der Waals surface area contributed by atoms with Crippen LogP contribution in [0.2, 0.25) is 0 Å². The Balaban J connectivity index is 1.51. The minimum absolute atomic E-state index is 0.00118. The van der Waals surface area contributed by atoms with Gasteiger partial charge in [-0.2, -0.15) is 13.2 Å². The molecule has 2 fully saturated rings. The number of hydrogen-bond acceptors (Lipinski definition) is 6. The smallest absolute Gasteiger partial charge is 0.389 e. The van der Waals surface area contributed by atoms with Crippen molar-refractivity contribution in [1.82, 2.24) is 21.3 Å². The van der Waals surface area contributed by atoms with Gasteiger partial charge in [-0.3, -0.25) is 24.0 Å². The van der Waals surface area contributed by atoms with Crippen LogP contribution in [0, 0.1) is 11.8 Å². The van der Waals surface area contributed by atoms with Gasteiger partial charge in [-0.05, 0) is 47.4 Å². The molecule has 13 heteroatoms. The molecule has 10 nitrogen and oxygen atoms in total. The van der Waals surface area contributed by atoms with Crippen LogP contribution in [0.1, 0.15) is 62.5 Å². The average Bonchev–Trinajstić information content (AvgIpc) is 3.58. The zero-order valence-electron chi connectivity index (χ0n) is 25.1. The van der Waals surface area contributed by atoms with Crippen LogP contribution in [0.5, 0.6) is 0 Å². The van der Waals surface area contributed by atoms with Gasteiger partial charge >= 0.3 is 12.1 Å². The number of aliphatic hydroxyl groups is 1. The highest BCUT2D eigenvalue weighted by Gasteiger charge is 2.54. The first kappa shape index (κ1) is 33.1. The Morgan fingerprint density at radius 3 is 2.02 bits per heavy atom. The number of carbonyl (C=O) groups is 5. The minimum Gasteiger partial charge on any atom is -0.389 e. The van der Waals surface area contributed by atoms with Crippen molar-refractivity contribution in [2.75, 3.05) is 13.2 Å². The summed E-state index contributed by atoms with van der Waals surface area (Å²) < 4.78 is 41.2. The van der Waals surface area contributed by atoms with E-state index in [1.165, 1.54) is 12.1 Å². The molecule has 2 aromatic carbocycles. The Morgan fingerprint density at radius 1 is 0.870 bits per heavy atom. The molecule has 1 heterocycles. The molecular formula is C33H37F3N4O6. The number of carbonyl (C=O) groups excluding carboxylic acids is 5. The molecule has 46 heavy (non-hydrogen) atoms. The van der Waals surface area contributed by atoms with Crippen LogP contribution in [-0.2, 0) is 29.5 Å². The maximum Gasteiger partial charge on any atom is 0.471 e. The molecule has 2 aliphatic carbocycles. The van der Waals surface area contributed by atoms with Crippen LogP contribution in [0.25, 0.3) is 11.1 Å². The molecular weight excluding hydrogens is 605 g/mol. The Bertz CT molecular complexity index is 1460. The molecule has 0 spiro atoms. The first-order valence-electron chi connectivity index (χ1n) is 15.6. The normalized spacial score (nSPS) is 20.1. The van der Waals surface area contributed by atoms with Crippen molar-refractivity contribution in [2.45, 2.75) is 75.2 Å². The quantitative estimate of drug-likeness (QED) is 0.254. The van der Waals surface area contributed by atoms with Gasteiger partial charge in [0.2, 0.25) is 11.8 Å². The maximum absolute atomic E-state index is 14.5. The van der Waals surface area contributed by atoms with Crippen LogP contribution in [0.3, 0.4) is 0 Å². The van der Waals surface area contributed by atoms with Crippen molar-refractivity contribution in [3.63, 3.8) is 0 Å². The van der Waals surface area contributed by atoms with Crippen LogP contribution in [0.4, 0.5) is 13.2 Å². The van der Waals surface area contributed by atoms with Crippen LogP contribution < -0.4 is 21.3 Å². The van der Waals surface area contributed by atoms with E-state index in [0.29, 0.717) is 24.1 Å². The van der Waals surface area contributed by atoms with Crippen LogP contribution in [0.15, 0.2) is 48.5 Å². The van der Waals surface area contributed by atoms with Gasteiger partial charge in [-0.15, -0.1) is 0 Å². The van der Waals surface area contributed by atoms with Gasteiger partial charge in [-0.25, -0.2) is 0 Å². The fourth-order valence-electron chi connectivity index (χ4n) is 6.97. The van der Waals surface area contributed by atoms with Gasteiger partial charge in [-0.1, -0.05) is 80.6 Å². The SMILES string of the molecule is O=C1NCC[C@@H]1C[C@H](NC(=O)[C@H](CC1CCCCC1)NC(=O)C1(NC(=O)C(F)(F)F)c2ccccc2-c2ccccc21)C(=O)CO. The largest absolute Gasteiger partial charge is 0.471 e. The standard InChI is InChI=1S/C33H37F3N4O6/c34-33(35,36)31(46)40-32(23-12-6-4-10-21(23)22-11-5-7-13-24(22)32)30(45)39-26(16-19-8-2-1-3-9-19)29(44)38-25(27(42)18-41)17-20-14-15-37-28(20)43/h4-7,10-13,19-20,25-26,41H,1-3,8-9,14-18H2,(H,37,43)(H,38,44)(H,39,45)(H,40,46)/t20-,25+,26+/m1/s1. The van der Waals surface area contributed by atoms with Gasteiger partial charge in [0, 0.05) is 12.5 Å². The van der Waals surface area contributed by atoms with Crippen LogP contribution >= 0.6 is 0 Å². The molecule has 2 aromatic rings. The van der Waals surface area contributed by atoms with E-state index in [9.17, 15) is 42.3 Å². The molecule has 246 valence electrons. The van der Waals surface area contributed by atoms with Gasteiger partial charge in [0.05, 0.1) is 6.04 Å². The Kier molecular flexibility index (Phi) is 9.80. The number of fused-ring (bicyclic) bond motifs is 3. The number of alkyl halides is 3. The highest BCUT2D eigenvalue weighted by atomic mass is 19.4. The van der Waals surface area contributed by atoms with E-state index >= 15 is 0 Å². The molecule has 0 bridgehead atoms. The molecule has 4 amide bonds. The zero-order chi connectivity index (χ0) is 33.1. The summed E-state index contributed by atoms with van der Waals surface area (Å²) in [6, 6.07) is 10.1. The lowest BCUT2D eigenvalue weighted by atomic mass is 9.83. The monoisotopic (exact) mass is 642 g/mol. The van der Waals surface area contributed by atoms with Gasteiger partial charge in [0.25, 0.3) is 5.91 Å². The number of halogens is 3. The molecule has 0 aromatic heterocycles. The van der Waals surface area contributed by atoms with Crippen molar-refractivity contribution in [2.24, 2.45) is 11.8 Å². The van der Waals surface area contributed by atoms with E-state index in [4.69, 9.17) is 0 Å². The summed E-state index contributed by atoms with van der Waals surface area (Å²) in [5.74, 6) is -5.72. The lowest BCUT2D eigenvalue weighted by Crippen LogP contribution is -2.62. The topological polar surface area (TPSA) is 154 Å². The molecule has 3 atom stereocenters. The molecule has 1 saturated carbocycles. The van der Waals surface area contributed by atoms with E-state index in [1.807, 2.05) is 5.32 Å². The first-order valence-corrected chi connectivity index (χ1v) is 15.6. The number of nitrogens with one attached hydrogen (secondary N) is 4. The molecule has 3 aliphatic rings. The van der Waals surface area contributed by atoms with E-state index in [2.05, 4.69) is 16.0 Å². The minimum atomic E-state index is -5.32. The second-order valence-corrected chi connectivity index (χ2v) is 12.3. The Hall–Kier alpha value is -4.26. The summed E-state index contributed by atoms with van der Waals surface area (Å²) in [6.45, 7) is -0.481. The number of aliphatic hydroxyl groups excluding tert-OH is 1. The van der Waals surface area contributed by atoms with Gasteiger partial charge in [0.1, 0.15) is 12.6 Å². The summed E-state index contributed by atoms with van der Waals surface area (Å²) in [6.07, 6.45) is -0.457. The van der Waals surface area contributed by atoms with Crippen molar-refractivity contribution in [3.8, 4) is 11.1 Å². The summed E-state index contributed by atoms with van der Waals surface area (Å²) in [5, 5.41) is 19.5. The van der Waals surface area contributed by atoms with Crippen molar-refractivity contribution in [3.05, 3.63) is 59.7 Å². The summed E-state index contributed by atoms with van der Waals surface area (Å²) in [5.41, 5.74) is -1.19. The van der Waals surface area contributed by atoms with E-state index in [1.54, 1.807) is 36.4 Å². The number of amides is 4. The van der Waals surface area contributed by atoms with Crippen molar-refractivity contribution < 1.29 is 42.3 Å². The lowest BCUT2D eigenvalue weighted by molar-refractivity contribution is -0.176. The number of hydrogen-bond donors (Lipinski definition) is 5. The fraction of sp³-hybridized carbons (Fsp3) is 0.485. The third-order valence-electron chi connectivity index (χ3n) is 9.31. The van der Waals surface area contributed by atoms with Crippen LogP contribution in [-0.4, -0.2) is 65.9 Å². The highest BCUT2D eigenvalue weighted by Crippen LogP contribution is 2.48. The second kappa shape index (κ2) is 13.6. The number of rotatable bonds is 11. The van der Waals surface area contributed by atoms with Gasteiger partial charge in [0.15, 0.2) is 11.3 Å². The predicted molar refractivity (Wildman–Crippen MR) is 160 cm³/mol. The summed E-state index contributed by atoms with van der Waals surface area (Å²) in [4.78, 5) is 65.8. The van der Waals surface area contributed by atoms with E-state index in [0.717, 1.165) is 32.1 Å². The third-order valence-corrected chi connectivity index (χ3v) is 9.31. The number of ketones is 1. The molecule has 5 N–H and O–H groups in total. The summed E-state index contributed by atoms with van der Waals surface area (Å²) in [7, 11) is 0. The molecule has 0 unspecified atom stereocenters. The fourth-order valence-corrected chi connectivity index (χ4v) is 6.97. The first-order chi connectivity index (χ1) is 22.0. The average molecular weight is 643 g/mol. The van der Waals surface area contributed by atoms with E-state index in [-0.39, 0.29) is 35.8 Å². The number of Topliss-reactive ketones (excluding diaryl/α,β-unsaturated/α-hetero) is 1. The van der Waals surface area contributed by atoms with Crippen molar-refractivity contribution in [1.29, 1.82) is 0 Å². The molecule has 1 aliphatic heterocycles. The Labute approximate surface area is 263 Å². The number of benzene rings is 2. The van der Waals surface area contributed by atoms with E-state index < -0.39 is 59.8 Å². The van der Waals surface area contributed by atoms with Crippen molar-refractivity contribution >= 4 is 29.4 Å². The Morgan fingerprint density at radius 2 is 1.48 bits per heavy atom.